The zero-order valence-electron chi connectivity index (χ0n) is 3.72. The Bertz CT molecular complexity index is 133. The smallest absolute Gasteiger partial charge is 0.140 e. The standard InChI is InChI=1S/C4H4N2O/c5-1-4-2-7-3-6-4/h2-3H2. The summed E-state index contributed by atoms with van der Waals surface area (Å²) >= 11 is 0. The molecule has 0 saturated heterocycles. The third-order valence-corrected chi connectivity index (χ3v) is 0.715. The highest BCUT2D eigenvalue weighted by Crippen LogP contribution is 1.89. The van der Waals surface area contributed by atoms with Crippen molar-refractivity contribution in [2.24, 2.45) is 4.99 Å². The van der Waals surface area contributed by atoms with Crippen molar-refractivity contribution in [3.63, 3.8) is 0 Å². The van der Waals surface area contributed by atoms with Gasteiger partial charge in [0.05, 0.1) is 0 Å². The van der Waals surface area contributed by atoms with Gasteiger partial charge in [0, 0.05) is 0 Å². The van der Waals surface area contributed by atoms with Gasteiger partial charge in [-0.15, -0.1) is 0 Å². The van der Waals surface area contributed by atoms with Crippen molar-refractivity contribution < 1.29 is 4.74 Å². The van der Waals surface area contributed by atoms with E-state index in [0.717, 1.165) is 0 Å². The Balaban J connectivity index is 2.57. The van der Waals surface area contributed by atoms with Gasteiger partial charge in [-0.3, -0.25) is 0 Å². The molecule has 0 radical (unpaired) electrons. The van der Waals surface area contributed by atoms with Crippen LogP contribution in [0.3, 0.4) is 0 Å². The molecule has 0 saturated carbocycles. The van der Waals surface area contributed by atoms with E-state index in [1.54, 1.807) is 0 Å². The minimum Gasteiger partial charge on any atom is -0.352 e. The van der Waals surface area contributed by atoms with E-state index in [4.69, 9.17) is 10.00 Å². The predicted octanol–water partition coefficient (Wildman–Crippen LogP) is -0.0613. The maximum Gasteiger partial charge on any atom is 0.140 e. The summed E-state index contributed by atoms with van der Waals surface area (Å²) in [6.45, 7) is 0.763. The summed E-state index contributed by atoms with van der Waals surface area (Å²) in [4.78, 5) is 3.69. The highest BCUT2D eigenvalue weighted by molar-refractivity contribution is 6.00. The fourth-order valence-electron chi connectivity index (χ4n) is 0.379. The molecule has 0 bridgehead atoms. The number of rotatable bonds is 0. The molecule has 3 heteroatoms. The van der Waals surface area contributed by atoms with Crippen LogP contribution in [0.4, 0.5) is 0 Å². The number of hydrogen-bond acceptors (Lipinski definition) is 3. The summed E-state index contributed by atoms with van der Waals surface area (Å²) in [5.74, 6) is 0. The zero-order chi connectivity index (χ0) is 5.11. The van der Waals surface area contributed by atoms with E-state index in [2.05, 4.69) is 4.99 Å². The molecule has 0 aromatic carbocycles. The molecule has 0 amide bonds. The molecule has 0 atom stereocenters. The monoisotopic (exact) mass is 96.0 g/mol. The van der Waals surface area contributed by atoms with Crippen molar-refractivity contribution in [1.82, 2.24) is 0 Å². The molecule has 1 rings (SSSR count). The first-order chi connectivity index (χ1) is 3.43. The van der Waals surface area contributed by atoms with Gasteiger partial charge in [-0.1, -0.05) is 0 Å². The van der Waals surface area contributed by atoms with E-state index in [-0.39, 0.29) is 0 Å². The van der Waals surface area contributed by atoms with Crippen LogP contribution in [0.1, 0.15) is 0 Å². The second-order valence-electron chi connectivity index (χ2n) is 1.19. The third-order valence-electron chi connectivity index (χ3n) is 0.715. The number of nitriles is 1. The first-order valence-corrected chi connectivity index (χ1v) is 1.94. The molecule has 0 aliphatic carbocycles. The predicted molar refractivity (Wildman–Crippen MR) is 23.9 cm³/mol. The maximum absolute atomic E-state index is 8.11. The van der Waals surface area contributed by atoms with E-state index in [9.17, 15) is 0 Å². The second-order valence-corrected chi connectivity index (χ2v) is 1.19. The van der Waals surface area contributed by atoms with Gasteiger partial charge in [0.1, 0.15) is 25.1 Å². The van der Waals surface area contributed by atoms with Gasteiger partial charge >= 0.3 is 0 Å². The van der Waals surface area contributed by atoms with Gasteiger partial charge in [0.15, 0.2) is 0 Å². The van der Waals surface area contributed by atoms with Crippen LogP contribution in [-0.4, -0.2) is 19.0 Å². The Kier molecular flexibility index (Phi) is 1.05. The van der Waals surface area contributed by atoms with Gasteiger partial charge in [-0.25, -0.2) is 4.99 Å². The topological polar surface area (TPSA) is 45.4 Å². The maximum atomic E-state index is 8.11. The third kappa shape index (κ3) is 0.756. The average molecular weight is 96.1 g/mol. The van der Waals surface area contributed by atoms with Crippen molar-refractivity contribution in [2.75, 3.05) is 13.3 Å². The Morgan fingerprint density at radius 3 is 3.00 bits per heavy atom. The Hall–Kier alpha value is -0.880. The Morgan fingerprint density at radius 2 is 2.71 bits per heavy atom. The van der Waals surface area contributed by atoms with Crippen molar-refractivity contribution in [2.45, 2.75) is 0 Å². The minimum atomic E-state index is 0.364. The Morgan fingerprint density at radius 1 is 1.86 bits per heavy atom. The molecule has 1 aliphatic heterocycles. The lowest BCUT2D eigenvalue weighted by molar-refractivity contribution is 0.203. The molecule has 3 nitrogen and oxygen atoms in total. The fourth-order valence-corrected chi connectivity index (χ4v) is 0.379. The zero-order valence-corrected chi connectivity index (χ0v) is 3.72. The summed E-state index contributed by atoms with van der Waals surface area (Å²) in [7, 11) is 0. The van der Waals surface area contributed by atoms with E-state index >= 15 is 0 Å². The number of nitrogens with zero attached hydrogens (tertiary/aromatic N) is 2. The second kappa shape index (κ2) is 1.71. The van der Waals surface area contributed by atoms with Crippen LogP contribution in [0.2, 0.25) is 0 Å². The van der Waals surface area contributed by atoms with Crippen LogP contribution in [0.5, 0.6) is 0 Å². The fraction of sp³-hybridized carbons (Fsp3) is 0.500. The largest absolute Gasteiger partial charge is 0.352 e. The SMILES string of the molecule is N#CC1=NCOC1. The normalized spacial score (nSPS) is 18.4. The van der Waals surface area contributed by atoms with E-state index in [1.807, 2.05) is 6.07 Å². The summed E-state index contributed by atoms with van der Waals surface area (Å²) in [6, 6.07) is 1.89. The first-order valence-electron chi connectivity index (χ1n) is 1.94. The molecule has 1 heterocycles. The van der Waals surface area contributed by atoms with Crippen molar-refractivity contribution in [3.05, 3.63) is 0 Å². The van der Waals surface area contributed by atoms with Crippen LogP contribution in [0.25, 0.3) is 0 Å². The lowest BCUT2D eigenvalue weighted by Gasteiger charge is -1.77. The first kappa shape index (κ1) is 4.28. The van der Waals surface area contributed by atoms with Gasteiger partial charge in [0.2, 0.25) is 0 Å². The quantitative estimate of drug-likeness (QED) is 0.424. The molecular formula is C4H4N2O. The molecule has 0 unspecified atom stereocenters. The van der Waals surface area contributed by atoms with E-state index < -0.39 is 0 Å². The molecule has 0 aromatic rings. The van der Waals surface area contributed by atoms with Crippen LogP contribution in [0, 0.1) is 11.3 Å². The lowest BCUT2D eigenvalue weighted by Crippen LogP contribution is -1.94. The van der Waals surface area contributed by atoms with E-state index in [1.165, 1.54) is 0 Å². The molecule has 0 spiro atoms. The Labute approximate surface area is 41.2 Å². The highest BCUT2D eigenvalue weighted by Gasteiger charge is 2.01. The minimum absolute atomic E-state index is 0.364. The van der Waals surface area contributed by atoms with Crippen molar-refractivity contribution in [1.29, 1.82) is 5.26 Å². The average Bonchev–Trinajstić information content (AvgIpc) is 2.14. The summed E-state index contributed by atoms with van der Waals surface area (Å²) in [6.07, 6.45) is 0. The molecule has 36 valence electrons. The van der Waals surface area contributed by atoms with Crippen LogP contribution < -0.4 is 0 Å². The number of aliphatic imine (C=N–C) groups is 1. The number of ether oxygens (including phenoxy) is 1. The van der Waals surface area contributed by atoms with Crippen LogP contribution in [-0.2, 0) is 4.74 Å². The van der Waals surface area contributed by atoms with Gasteiger partial charge < -0.3 is 4.74 Å². The summed E-state index contributed by atoms with van der Waals surface area (Å²) < 4.78 is 4.72. The number of hydrogen-bond donors (Lipinski definition) is 0. The molecule has 0 N–H and O–H groups in total. The van der Waals surface area contributed by atoms with Crippen LogP contribution in [0.15, 0.2) is 4.99 Å². The lowest BCUT2D eigenvalue weighted by atomic mass is 10.5. The summed E-state index contributed by atoms with van der Waals surface area (Å²) in [5, 5.41) is 8.11. The van der Waals surface area contributed by atoms with Crippen molar-refractivity contribution in [3.8, 4) is 6.07 Å². The molecule has 0 fully saturated rings. The van der Waals surface area contributed by atoms with Gasteiger partial charge in [-0.05, 0) is 0 Å². The van der Waals surface area contributed by atoms with Crippen molar-refractivity contribution >= 4 is 5.71 Å². The molecule has 7 heavy (non-hydrogen) atoms. The molecule has 0 aromatic heterocycles. The summed E-state index contributed by atoms with van der Waals surface area (Å²) in [5.41, 5.74) is 0.500. The molecular weight excluding hydrogens is 92.1 g/mol. The van der Waals surface area contributed by atoms with Crippen LogP contribution >= 0.6 is 0 Å². The molecule has 1 aliphatic rings. The van der Waals surface area contributed by atoms with Gasteiger partial charge in [0.25, 0.3) is 0 Å². The van der Waals surface area contributed by atoms with Gasteiger partial charge in [-0.2, -0.15) is 5.26 Å². The van der Waals surface area contributed by atoms with E-state index in [0.29, 0.717) is 19.0 Å². The highest BCUT2D eigenvalue weighted by atomic mass is 16.5.